The van der Waals surface area contributed by atoms with Crippen LogP contribution in [0.1, 0.15) is 55.4 Å². The summed E-state index contributed by atoms with van der Waals surface area (Å²) >= 11 is 0. The van der Waals surface area contributed by atoms with Crippen molar-refractivity contribution in [3.8, 4) is 5.75 Å². The van der Waals surface area contributed by atoms with E-state index in [9.17, 15) is 0 Å². The Kier molecular flexibility index (Phi) is 6.98. The second-order valence-corrected chi connectivity index (χ2v) is 9.83. The first-order chi connectivity index (χ1) is 15.5. The molecule has 0 amide bonds. The molecule has 0 saturated carbocycles. The van der Waals surface area contributed by atoms with Crippen molar-refractivity contribution in [3.63, 3.8) is 0 Å². The monoisotopic (exact) mass is 428 g/mol. The lowest BCUT2D eigenvalue weighted by molar-refractivity contribution is 0.393. The number of ether oxygens (including phenoxy) is 1. The van der Waals surface area contributed by atoms with Crippen LogP contribution in [0.4, 0.5) is 0 Å². The second-order valence-electron chi connectivity index (χ2n) is 9.83. The predicted octanol–water partition coefficient (Wildman–Crippen LogP) is 5.64. The fourth-order valence-corrected chi connectivity index (χ4v) is 4.86. The molecule has 4 rings (SSSR count). The van der Waals surface area contributed by atoms with Crippen molar-refractivity contribution in [2.24, 2.45) is 0 Å². The number of rotatable bonds is 7. The number of benzene rings is 3. The first-order valence-corrected chi connectivity index (χ1v) is 11.7. The first kappa shape index (κ1) is 22.6. The van der Waals surface area contributed by atoms with Gasteiger partial charge in [-0.2, -0.15) is 0 Å². The molecule has 2 atom stereocenters. The quantitative estimate of drug-likeness (QED) is 0.511. The Morgan fingerprint density at radius 3 is 2.12 bits per heavy atom. The molecule has 3 aromatic carbocycles. The number of nitrogens with one attached hydrogen (secondary N) is 2. The minimum absolute atomic E-state index is 0.115. The van der Waals surface area contributed by atoms with Gasteiger partial charge in [0.1, 0.15) is 5.75 Å². The first-order valence-electron chi connectivity index (χ1n) is 11.7. The van der Waals surface area contributed by atoms with E-state index in [1.165, 1.54) is 22.3 Å². The molecule has 32 heavy (non-hydrogen) atoms. The number of hydrogen-bond acceptors (Lipinski definition) is 3. The van der Waals surface area contributed by atoms with Crippen LogP contribution in [-0.2, 0) is 12.0 Å². The van der Waals surface area contributed by atoms with Crippen molar-refractivity contribution < 1.29 is 4.74 Å². The maximum absolute atomic E-state index is 5.69. The summed E-state index contributed by atoms with van der Waals surface area (Å²) < 4.78 is 5.69. The van der Waals surface area contributed by atoms with Crippen LogP contribution in [0.25, 0.3) is 0 Å². The minimum Gasteiger partial charge on any atom is -0.496 e. The van der Waals surface area contributed by atoms with E-state index in [4.69, 9.17) is 4.74 Å². The zero-order chi connectivity index (χ0) is 22.6. The molecule has 1 aliphatic rings. The van der Waals surface area contributed by atoms with E-state index in [1.807, 2.05) is 0 Å². The fourth-order valence-electron chi connectivity index (χ4n) is 4.86. The van der Waals surface area contributed by atoms with Crippen molar-refractivity contribution in [1.82, 2.24) is 10.6 Å². The molecule has 2 unspecified atom stereocenters. The Morgan fingerprint density at radius 1 is 0.938 bits per heavy atom. The lowest BCUT2D eigenvalue weighted by atomic mass is 9.82. The minimum atomic E-state index is 0.115. The van der Waals surface area contributed by atoms with E-state index >= 15 is 0 Å². The van der Waals surface area contributed by atoms with Crippen molar-refractivity contribution in [1.29, 1.82) is 0 Å². The molecule has 1 saturated heterocycles. The van der Waals surface area contributed by atoms with Gasteiger partial charge in [0.05, 0.1) is 7.11 Å². The van der Waals surface area contributed by atoms with Gasteiger partial charge in [0, 0.05) is 30.1 Å². The number of methoxy groups -OCH3 is 1. The Hall–Kier alpha value is -2.62. The topological polar surface area (TPSA) is 33.3 Å². The highest BCUT2D eigenvalue weighted by molar-refractivity contribution is 5.40. The highest BCUT2D eigenvalue weighted by atomic mass is 16.5. The zero-order valence-electron chi connectivity index (χ0n) is 19.8. The van der Waals surface area contributed by atoms with Gasteiger partial charge in [-0.25, -0.2) is 0 Å². The Balaban J connectivity index is 1.58. The number of hydrogen-bond donors (Lipinski definition) is 2. The Morgan fingerprint density at radius 2 is 1.56 bits per heavy atom. The molecule has 1 heterocycles. The van der Waals surface area contributed by atoms with Crippen LogP contribution >= 0.6 is 0 Å². The molecule has 1 fully saturated rings. The van der Waals surface area contributed by atoms with Gasteiger partial charge < -0.3 is 15.4 Å². The summed E-state index contributed by atoms with van der Waals surface area (Å²) in [6.07, 6.45) is 1.11. The average Bonchev–Trinajstić information content (AvgIpc) is 3.26. The second kappa shape index (κ2) is 9.89. The van der Waals surface area contributed by atoms with Crippen molar-refractivity contribution in [2.45, 2.75) is 57.2 Å². The summed E-state index contributed by atoms with van der Waals surface area (Å²) in [7, 11) is 1.76. The average molecular weight is 429 g/mol. The summed E-state index contributed by atoms with van der Waals surface area (Å²) in [5.41, 5.74) is 5.39. The van der Waals surface area contributed by atoms with Crippen LogP contribution in [0.2, 0.25) is 0 Å². The normalized spacial score (nSPS) is 18.8. The van der Waals surface area contributed by atoms with Crippen molar-refractivity contribution >= 4 is 0 Å². The van der Waals surface area contributed by atoms with Gasteiger partial charge in [0.15, 0.2) is 0 Å². The van der Waals surface area contributed by atoms with Gasteiger partial charge in [-0.05, 0) is 41.1 Å². The molecule has 3 aromatic rings. The van der Waals surface area contributed by atoms with Crippen molar-refractivity contribution in [3.05, 3.63) is 101 Å². The van der Waals surface area contributed by atoms with E-state index in [-0.39, 0.29) is 5.41 Å². The molecular weight excluding hydrogens is 392 g/mol. The molecule has 3 nitrogen and oxygen atoms in total. The van der Waals surface area contributed by atoms with Gasteiger partial charge >= 0.3 is 0 Å². The van der Waals surface area contributed by atoms with Crippen LogP contribution < -0.4 is 15.4 Å². The summed E-state index contributed by atoms with van der Waals surface area (Å²) in [6.45, 7) is 8.59. The van der Waals surface area contributed by atoms with Gasteiger partial charge in [-0.1, -0.05) is 93.6 Å². The summed E-state index contributed by atoms with van der Waals surface area (Å²) in [5.74, 6) is 1.26. The fraction of sp³-hybridized carbons (Fsp3) is 0.379. The highest BCUT2D eigenvalue weighted by Gasteiger charge is 2.35. The van der Waals surface area contributed by atoms with Crippen LogP contribution in [0.3, 0.4) is 0 Å². The smallest absolute Gasteiger partial charge is 0.123 e. The standard InChI is InChI=1S/C29H36N2O/c1-29(2,3)24-15-16-26(32-4)23(19-24)20-31-25-17-18-30-28(25)27(21-11-7-5-8-12-21)22-13-9-6-10-14-22/h5-16,19,25,27-28,30-31H,17-18,20H2,1-4H3. The van der Waals surface area contributed by atoms with E-state index in [2.05, 4.69) is 110 Å². The molecule has 3 heteroatoms. The molecule has 0 spiro atoms. The summed E-state index contributed by atoms with van der Waals surface area (Å²) in [5, 5.41) is 7.69. The van der Waals surface area contributed by atoms with E-state index in [1.54, 1.807) is 7.11 Å². The maximum Gasteiger partial charge on any atom is 0.123 e. The molecule has 0 bridgehead atoms. The summed E-state index contributed by atoms with van der Waals surface area (Å²) in [6, 6.07) is 29.1. The molecular formula is C29H36N2O. The molecule has 0 aliphatic carbocycles. The van der Waals surface area contributed by atoms with Gasteiger partial charge in [0.25, 0.3) is 0 Å². The molecule has 1 aliphatic heterocycles. The largest absolute Gasteiger partial charge is 0.496 e. The van der Waals surface area contributed by atoms with Gasteiger partial charge in [-0.15, -0.1) is 0 Å². The third-order valence-corrected chi connectivity index (χ3v) is 6.65. The molecule has 168 valence electrons. The van der Waals surface area contributed by atoms with E-state index < -0.39 is 0 Å². The third kappa shape index (κ3) is 5.06. The Bertz CT molecular complexity index is 955. The predicted molar refractivity (Wildman–Crippen MR) is 133 cm³/mol. The van der Waals surface area contributed by atoms with Crippen LogP contribution in [-0.4, -0.2) is 25.7 Å². The maximum atomic E-state index is 5.69. The van der Waals surface area contributed by atoms with Crippen LogP contribution in [0, 0.1) is 0 Å². The van der Waals surface area contributed by atoms with Crippen LogP contribution in [0.5, 0.6) is 5.75 Å². The lowest BCUT2D eigenvalue weighted by Crippen LogP contribution is -2.44. The van der Waals surface area contributed by atoms with Crippen LogP contribution in [0.15, 0.2) is 78.9 Å². The van der Waals surface area contributed by atoms with E-state index in [0.29, 0.717) is 18.0 Å². The molecule has 0 radical (unpaired) electrons. The third-order valence-electron chi connectivity index (χ3n) is 6.65. The molecule has 0 aromatic heterocycles. The van der Waals surface area contributed by atoms with Gasteiger partial charge in [0.2, 0.25) is 0 Å². The lowest BCUT2D eigenvalue weighted by Gasteiger charge is -2.31. The van der Waals surface area contributed by atoms with Crippen molar-refractivity contribution in [2.75, 3.05) is 13.7 Å². The van der Waals surface area contributed by atoms with Gasteiger partial charge in [-0.3, -0.25) is 0 Å². The molecule has 2 N–H and O–H groups in total. The van der Waals surface area contributed by atoms with E-state index in [0.717, 1.165) is 25.3 Å². The highest BCUT2D eigenvalue weighted by Crippen LogP contribution is 2.33. The Labute approximate surface area is 193 Å². The zero-order valence-corrected chi connectivity index (χ0v) is 19.8. The SMILES string of the molecule is COc1ccc(C(C)(C)C)cc1CNC1CCNC1C(c1ccccc1)c1ccccc1. The summed E-state index contributed by atoms with van der Waals surface area (Å²) in [4.78, 5) is 0.